The van der Waals surface area contributed by atoms with Gasteiger partial charge in [-0.1, -0.05) is 43.3 Å². The van der Waals surface area contributed by atoms with E-state index in [1.807, 2.05) is 0 Å². The van der Waals surface area contributed by atoms with Crippen LogP contribution in [-0.2, 0) is 19.0 Å². The molecule has 0 amide bonds. The minimum Gasteiger partial charge on any atom is -0.448 e. The van der Waals surface area contributed by atoms with Crippen LogP contribution in [0.3, 0.4) is 0 Å². The van der Waals surface area contributed by atoms with Crippen molar-refractivity contribution in [3.63, 3.8) is 0 Å². The van der Waals surface area contributed by atoms with Crippen LogP contribution in [-0.4, -0.2) is 36.2 Å². The zero-order chi connectivity index (χ0) is 18.5. The van der Waals surface area contributed by atoms with Gasteiger partial charge >= 0.3 is 11.9 Å². The number of hydrogen-bond acceptors (Lipinski definition) is 6. The van der Waals surface area contributed by atoms with Crippen molar-refractivity contribution in [3.05, 3.63) is 71.8 Å². The molecule has 26 heavy (non-hydrogen) atoms. The molecule has 0 aliphatic carbocycles. The Hall–Kier alpha value is -2.99. The van der Waals surface area contributed by atoms with Crippen molar-refractivity contribution < 1.29 is 28.6 Å². The Balaban J connectivity index is 1.69. The lowest BCUT2D eigenvalue weighted by Gasteiger charge is -2.15. The molecule has 1 heterocycles. The van der Waals surface area contributed by atoms with Crippen molar-refractivity contribution in [1.82, 2.24) is 0 Å². The fourth-order valence-corrected chi connectivity index (χ4v) is 2.64. The van der Waals surface area contributed by atoms with Crippen molar-refractivity contribution in [2.45, 2.75) is 31.8 Å². The average Bonchev–Trinajstić information content (AvgIpc) is 2.98. The molecular formula is C20H18O6. The third-order valence-corrected chi connectivity index (χ3v) is 4.02. The first-order valence-electron chi connectivity index (χ1n) is 8.31. The van der Waals surface area contributed by atoms with Crippen LogP contribution in [0.15, 0.2) is 60.7 Å². The van der Waals surface area contributed by atoms with Gasteiger partial charge in [0.05, 0.1) is 11.1 Å². The summed E-state index contributed by atoms with van der Waals surface area (Å²) in [5.74, 6) is -1.87. The van der Waals surface area contributed by atoms with Gasteiger partial charge in [0.1, 0.15) is 6.10 Å². The lowest BCUT2D eigenvalue weighted by atomic mass is 10.1. The van der Waals surface area contributed by atoms with Crippen molar-refractivity contribution in [2.24, 2.45) is 0 Å². The van der Waals surface area contributed by atoms with E-state index < -0.39 is 36.2 Å². The summed E-state index contributed by atoms with van der Waals surface area (Å²) in [4.78, 5) is 36.9. The molecule has 1 fully saturated rings. The SMILES string of the molecule is CC[C@H]1O[C@@H](OC(=O)c2ccccc2)C(=O)[C@H]1OC(=O)c1ccccc1. The van der Waals surface area contributed by atoms with Gasteiger partial charge in [-0.15, -0.1) is 0 Å². The highest BCUT2D eigenvalue weighted by Crippen LogP contribution is 2.25. The summed E-state index contributed by atoms with van der Waals surface area (Å²) < 4.78 is 16.0. The molecule has 3 atom stereocenters. The molecule has 6 heteroatoms. The second-order valence-corrected chi connectivity index (χ2v) is 5.78. The molecular weight excluding hydrogens is 336 g/mol. The van der Waals surface area contributed by atoms with Crippen LogP contribution in [0.5, 0.6) is 0 Å². The molecule has 0 N–H and O–H groups in total. The first-order valence-corrected chi connectivity index (χ1v) is 8.31. The molecule has 0 spiro atoms. The summed E-state index contributed by atoms with van der Waals surface area (Å²) in [7, 11) is 0. The Bertz CT molecular complexity index is 786. The summed E-state index contributed by atoms with van der Waals surface area (Å²) in [6.45, 7) is 1.79. The van der Waals surface area contributed by atoms with E-state index in [0.717, 1.165) is 0 Å². The molecule has 134 valence electrons. The molecule has 0 bridgehead atoms. The molecule has 0 unspecified atom stereocenters. The number of carbonyl (C=O) groups is 3. The van der Waals surface area contributed by atoms with Crippen LogP contribution in [0.1, 0.15) is 34.1 Å². The van der Waals surface area contributed by atoms with Gasteiger partial charge in [0, 0.05) is 0 Å². The van der Waals surface area contributed by atoms with E-state index in [4.69, 9.17) is 14.2 Å². The predicted octanol–water partition coefficient (Wildman–Crippen LogP) is 2.77. The van der Waals surface area contributed by atoms with Gasteiger partial charge in [-0.25, -0.2) is 9.59 Å². The van der Waals surface area contributed by atoms with Gasteiger partial charge in [0.15, 0.2) is 6.10 Å². The lowest BCUT2D eigenvalue weighted by molar-refractivity contribution is -0.145. The third-order valence-electron chi connectivity index (χ3n) is 4.02. The van der Waals surface area contributed by atoms with Crippen LogP contribution >= 0.6 is 0 Å². The second-order valence-electron chi connectivity index (χ2n) is 5.78. The fourth-order valence-electron chi connectivity index (χ4n) is 2.64. The number of esters is 2. The molecule has 1 aliphatic rings. The molecule has 2 aromatic carbocycles. The van der Waals surface area contributed by atoms with Gasteiger partial charge in [-0.05, 0) is 30.7 Å². The second kappa shape index (κ2) is 7.93. The van der Waals surface area contributed by atoms with Gasteiger partial charge < -0.3 is 14.2 Å². The van der Waals surface area contributed by atoms with E-state index >= 15 is 0 Å². The Kier molecular flexibility index (Phi) is 5.43. The lowest BCUT2D eigenvalue weighted by Crippen LogP contribution is -2.34. The first-order chi connectivity index (χ1) is 12.6. The summed E-state index contributed by atoms with van der Waals surface area (Å²) in [5.41, 5.74) is 0.640. The van der Waals surface area contributed by atoms with E-state index in [1.54, 1.807) is 67.6 Å². The van der Waals surface area contributed by atoms with Crippen molar-refractivity contribution >= 4 is 17.7 Å². The number of ketones is 1. The molecule has 2 aromatic rings. The topological polar surface area (TPSA) is 78.9 Å². The number of Topliss-reactive ketones (excluding diaryl/α,β-unsaturated/α-hetero) is 1. The van der Waals surface area contributed by atoms with Crippen LogP contribution in [0.25, 0.3) is 0 Å². The Labute approximate surface area is 150 Å². The van der Waals surface area contributed by atoms with Crippen LogP contribution in [0, 0.1) is 0 Å². The monoisotopic (exact) mass is 354 g/mol. The van der Waals surface area contributed by atoms with E-state index in [-0.39, 0.29) is 0 Å². The van der Waals surface area contributed by atoms with Crippen LogP contribution in [0.2, 0.25) is 0 Å². The predicted molar refractivity (Wildman–Crippen MR) is 91.5 cm³/mol. The maximum absolute atomic E-state index is 12.5. The maximum atomic E-state index is 12.5. The van der Waals surface area contributed by atoms with Gasteiger partial charge in [0.2, 0.25) is 5.78 Å². The molecule has 1 saturated heterocycles. The minimum atomic E-state index is -1.39. The molecule has 0 radical (unpaired) electrons. The average molecular weight is 354 g/mol. The summed E-state index contributed by atoms with van der Waals surface area (Å²) in [6, 6.07) is 16.6. The number of hydrogen-bond donors (Lipinski definition) is 0. The normalized spacial score (nSPS) is 22.0. The minimum absolute atomic E-state index is 0.307. The first kappa shape index (κ1) is 17.8. The number of benzene rings is 2. The molecule has 1 aliphatic heterocycles. The summed E-state index contributed by atoms with van der Waals surface area (Å²) in [6.07, 6.45) is -2.73. The van der Waals surface area contributed by atoms with Gasteiger partial charge in [0.25, 0.3) is 6.29 Å². The fraction of sp³-hybridized carbons (Fsp3) is 0.250. The highest BCUT2D eigenvalue weighted by molar-refractivity contribution is 5.97. The number of carbonyl (C=O) groups excluding carboxylic acids is 3. The highest BCUT2D eigenvalue weighted by Gasteiger charge is 2.47. The third kappa shape index (κ3) is 3.81. The largest absolute Gasteiger partial charge is 0.448 e. The zero-order valence-corrected chi connectivity index (χ0v) is 14.2. The van der Waals surface area contributed by atoms with Gasteiger partial charge in [-0.3, -0.25) is 4.79 Å². The van der Waals surface area contributed by atoms with E-state index in [0.29, 0.717) is 17.5 Å². The Morgan fingerprint density at radius 3 is 1.88 bits per heavy atom. The maximum Gasteiger partial charge on any atom is 0.340 e. The number of ether oxygens (including phenoxy) is 3. The number of rotatable bonds is 5. The van der Waals surface area contributed by atoms with Crippen LogP contribution in [0.4, 0.5) is 0 Å². The standard InChI is InChI=1S/C20H18O6/c1-2-15-17(25-18(22)13-9-5-3-6-10-13)16(21)20(24-15)26-19(23)14-11-7-4-8-12-14/h3-12,15,17,20H,2H2,1H3/t15-,17+,20+/m1/s1. The van der Waals surface area contributed by atoms with Crippen molar-refractivity contribution in [1.29, 1.82) is 0 Å². The zero-order valence-electron chi connectivity index (χ0n) is 14.2. The van der Waals surface area contributed by atoms with E-state index in [1.165, 1.54) is 0 Å². The Morgan fingerprint density at radius 1 is 0.885 bits per heavy atom. The van der Waals surface area contributed by atoms with Gasteiger partial charge in [-0.2, -0.15) is 0 Å². The molecule has 6 nitrogen and oxygen atoms in total. The molecule has 0 aromatic heterocycles. The molecule has 0 saturated carbocycles. The smallest absolute Gasteiger partial charge is 0.340 e. The summed E-state index contributed by atoms with van der Waals surface area (Å²) >= 11 is 0. The van der Waals surface area contributed by atoms with E-state index in [9.17, 15) is 14.4 Å². The van der Waals surface area contributed by atoms with Crippen LogP contribution < -0.4 is 0 Å². The quantitative estimate of drug-likeness (QED) is 0.768. The van der Waals surface area contributed by atoms with E-state index in [2.05, 4.69) is 0 Å². The highest BCUT2D eigenvalue weighted by atomic mass is 16.7. The van der Waals surface area contributed by atoms with Crippen molar-refractivity contribution in [2.75, 3.05) is 0 Å². The van der Waals surface area contributed by atoms with Crippen molar-refractivity contribution in [3.8, 4) is 0 Å². The molecule has 3 rings (SSSR count). The Morgan fingerprint density at radius 2 is 1.38 bits per heavy atom. The summed E-state index contributed by atoms with van der Waals surface area (Å²) in [5, 5.41) is 0.